The van der Waals surface area contributed by atoms with Crippen molar-refractivity contribution in [2.75, 3.05) is 0 Å². The topological polar surface area (TPSA) is 26.3 Å². The first-order chi connectivity index (χ1) is 7.78. The zero-order chi connectivity index (χ0) is 13.5. The summed E-state index contributed by atoms with van der Waals surface area (Å²) in [5.74, 6) is -1.57. The van der Waals surface area contributed by atoms with E-state index in [-0.39, 0.29) is 0 Å². The molecule has 0 aliphatic heterocycles. The molecule has 0 aliphatic carbocycles. The normalized spacial score (nSPS) is 13.3. The molecule has 0 bridgehead atoms. The molecule has 0 rings (SSSR count). The maximum Gasteiger partial charge on any atom is 0.367 e. The molecule has 0 saturated heterocycles. The molecule has 0 spiro atoms. The van der Waals surface area contributed by atoms with Crippen molar-refractivity contribution >= 4 is 5.97 Å². The Morgan fingerprint density at radius 2 is 1.76 bits per heavy atom. The van der Waals surface area contributed by atoms with E-state index in [1.165, 1.54) is 0 Å². The molecule has 0 unspecified atom stereocenters. The van der Waals surface area contributed by atoms with E-state index in [9.17, 15) is 9.18 Å². The third-order valence-electron chi connectivity index (χ3n) is 2.36. The number of unbranched alkanes of at least 4 members (excludes halogenated alkanes) is 3. The Kier molecular flexibility index (Phi) is 7.09. The molecule has 0 aromatic heterocycles. The number of carbonyl (C=O) groups is 1. The number of rotatable bonds is 6. The van der Waals surface area contributed by atoms with Crippen molar-refractivity contribution in [3.8, 4) is 0 Å². The van der Waals surface area contributed by atoms with Gasteiger partial charge in [-0.3, -0.25) is 0 Å². The van der Waals surface area contributed by atoms with Gasteiger partial charge in [-0.2, -0.15) is 4.39 Å². The van der Waals surface area contributed by atoms with Gasteiger partial charge in [-0.25, -0.2) is 4.79 Å². The van der Waals surface area contributed by atoms with Crippen LogP contribution in [0.25, 0.3) is 0 Å². The largest absolute Gasteiger partial charge is 0.455 e. The van der Waals surface area contributed by atoms with Crippen molar-refractivity contribution in [3.63, 3.8) is 0 Å². The second kappa shape index (κ2) is 7.46. The Balaban J connectivity index is 4.23. The van der Waals surface area contributed by atoms with E-state index in [1.807, 2.05) is 0 Å². The highest BCUT2D eigenvalue weighted by Crippen LogP contribution is 2.18. The van der Waals surface area contributed by atoms with Crippen LogP contribution < -0.4 is 0 Å². The first-order valence-electron chi connectivity index (χ1n) is 6.36. The Morgan fingerprint density at radius 3 is 2.24 bits per heavy atom. The molecular formula is C14H25FO2. The number of esters is 1. The summed E-state index contributed by atoms with van der Waals surface area (Å²) in [7, 11) is 0. The lowest BCUT2D eigenvalue weighted by Crippen LogP contribution is -2.24. The van der Waals surface area contributed by atoms with E-state index in [4.69, 9.17) is 4.74 Å². The van der Waals surface area contributed by atoms with Crippen LogP contribution in [0.2, 0.25) is 0 Å². The van der Waals surface area contributed by atoms with Crippen molar-refractivity contribution < 1.29 is 13.9 Å². The second-order valence-corrected chi connectivity index (χ2v) is 5.41. The van der Waals surface area contributed by atoms with Gasteiger partial charge >= 0.3 is 5.97 Å². The molecule has 0 heterocycles. The fraction of sp³-hybridized carbons (Fsp3) is 0.786. The van der Waals surface area contributed by atoms with Gasteiger partial charge in [0.15, 0.2) is 0 Å². The number of ether oxygens (including phenoxy) is 1. The monoisotopic (exact) mass is 244 g/mol. The predicted octanol–water partition coefficient (Wildman–Crippen LogP) is 4.54. The molecular weight excluding hydrogens is 219 g/mol. The molecule has 0 radical (unpaired) electrons. The molecule has 3 heteroatoms. The van der Waals surface area contributed by atoms with E-state index in [1.54, 1.807) is 27.7 Å². The van der Waals surface area contributed by atoms with Crippen LogP contribution in [-0.4, -0.2) is 11.6 Å². The summed E-state index contributed by atoms with van der Waals surface area (Å²) in [6, 6.07) is 0. The molecule has 2 nitrogen and oxygen atoms in total. The first kappa shape index (κ1) is 16.1. The van der Waals surface area contributed by atoms with E-state index in [0.29, 0.717) is 12.0 Å². The van der Waals surface area contributed by atoms with Crippen LogP contribution in [-0.2, 0) is 9.53 Å². The number of halogens is 1. The summed E-state index contributed by atoms with van der Waals surface area (Å²) in [5.41, 5.74) is -0.146. The fourth-order valence-electron chi connectivity index (χ4n) is 1.42. The van der Waals surface area contributed by atoms with Crippen LogP contribution in [0, 0.1) is 0 Å². The summed E-state index contributed by atoms with van der Waals surface area (Å²) >= 11 is 0. The Bertz CT molecular complexity index is 274. The third-order valence-corrected chi connectivity index (χ3v) is 2.36. The zero-order valence-electron chi connectivity index (χ0n) is 11.7. The van der Waals surface area contributed by atoms with Crippen LogP contribution in [0.3, 0.4) is 0 Å². The lowest BCUT2D eigenvalue weighted by atomic mass is 10.1. The summed E-state index contributed by atoms with van der Waals surface area (Å²) < 4.78 is 18.6. The van der Waals surface area contributed by atoms with E-state index in [0.717, 1.165) is 25.7 Å². The lowest BCUT2D eigenvalue weighted by Gasteiger charge is -2.19. The van der Waals surface area contributed by atoms with Gasteiger partial charge in [0.2, 0.25) is 5.83 Å². The van der Waals surface area contributed by atoms with Gasteiger partial charge in [-0.05, 0) is 46.1 Å². The van der Waals surface area contributed by atoms with Gasteiger partial charge in [0, 0.05) is 0 Å². The Hall–Kier alpha value is -0.860. The van der Waals surface area contributed by atoms with E-state index >= 15 is 0 Å². The molecule has 0 aliphatic rings. The average molecular weight is 244 g/mol. The smallest absolute Gasteiger partial charge is 0.367 e. The molecule has 17 heavy (non-hydrogen) atoms. The van der Waals surface area contributed by atoms with Gasteiger partial charge in [-0.15, -0.1) is 0 Å². The highest BCUT2D eigenvalue weighted by Gasteiger charge is 2.21. The van der Waals surface area contributed by atoms with Crippen LogP contribution >= 0.6 is 0 Å². The van der Waals surface area contributed by atoms with Crippen molar-refractivity contribution in [1.29, 1.82) is 0 Å². The van der Waals surface area contributed by atoms with E-state index < -0.39 is 17.4 Å². The average Bonchev–Trinajstić information content (AvgIpc) is 2.20. The standard InChI is InChI=1S/C14H25FO2/c1-6-7-8-9-10-11(2)12(15)13(16)17-14(3,4)5/h6-10H2,1-5H3/b12-11+. The van der Waals surface area contributed by atoms with Crippen molar-refractivity contribution in [2.45, 2.75) is 72.3 Å². The lowest BCUT2D eigenvalue weighted by molar-refractivity contribution is -0.151. The summed E-state index contributed by atoms with van der Waals surface area (Å²) in [6.07, 6.45) is 4.94. The molecule has 0 fully saturated rings. The number of carbonyl (C=O) groups excluding carboxylic acids is 1. The quantitative estimate of drug-likeness (QED) is 0.389. The molecule has 0 aromatic carbocycles. The second-order valence-electron chi connectivity index (χ2n) is 5.41. The maximum atomic E-state index is 13.6. The minimum absolute atomic E-state index is 0.496. The van der Waals surface area contributed by atoms with Crippen LogP contribution in [0.5, 0.6) is 0 Å². The van der Waals surface area contributed by atoms with Crippen molar-refractivity contribution in [1.82, 2.24) is 0 Å². The van der Waals surface area contributed by atoms with Crippen LogP contribution in [0.1, 0.15) is 66.7 Å². The van der Waals surface area contributed by atoms with Gasteiger partial charge in [0.1, 0.15) is 5.60 Å². The molecule has 100 valence electrons. The molecule has 0 N–H and O–H groups in total. The van der Waals surface area contributed by atoms with E-state index in [2.05, 4.69) is 6.92 Å². The minimum Gasteiger partial charge on any atom is -0.455 e. The van der Waals surface area contributed by atoms with Gasteiger partial charge in [0.25, 0.3) is 0 Å². The summed E-state index contributed by atoms with van der Waals surface area (Å²) in [5, 5.41) is 0. The first-order valence-corrected chi connectivity index (χ1v) is 6.36. The zero-order valence-corrected chi connectivity index (χ0v) is 11.7. The molecule has 0 amide bonds. The highest BCUT2D eigenvalue weighted by molar-refractivity contribution is 5.87. The van der Waals surface area contributed by atoms with Crippen molar-refractivity contribution in [3.05, 3.63) is 11.4 Å². The number of hydrogen-bond acceptors (Lipinski definition) is 2. The highest BCUT2D eigenvalue weighted by atomic mass is 19.1. The van der Waals surface area contributed by atoms with Crippen LogP contribution in [0.15, 0.2) is 11.4 Å². The fourth-order valence-corrected chi connectivity index (χ4v) is 1.42. The van der Waals surface area contributed by atoms with Crippen LogP contribution in [0.4, 0.5) is 4.39 Å². The number of hydrogen-bond donors (Lipinski definition) is 0. The van der Waals surface area contributed by atoms with Crippen molar-refractivity contribution in [2.24, 2.45) is 0 Å². The SMILES string of the molecule is CCCCCC/C(C)=C(/F)C(=O)OC(C)(C)C. The maximum absolute atomic E-state index is 13.6. The number of allylic oxidation sites excluding steroid dienone is 1. The van der Waals surface area contributed by atoms with Gasteiger partial charge in [-0.1, -0.05) is 26.2 Å². The Labute approximate surface area is 104 Å². The van der Waals surface area contributed by atoms with Gasteiger partial charge in [0.05, 0.1) is 0 Å². The molecule has 0 aromatic rings. The summed E-state index contributed by atoms with van der Waals surface area (Å²) in [6.45, 7) is 8.98. The Morgan fingerprint density at radius 1 is 1.18 bits per heavy atom. The summed E-state index contributed by atoms with van der Waals surface area (Å²) in [4.78, 5) is 11.4. The molecule has 0 atom stereocenters. The predicted molar refractivity (Wildman–Crippen MR) is 68.4 cm³/mol. The molecule has 0 saturated carbocycles. The van der Waals surface area contributed by atoms with Gasteiger partial charge < -0.3 is 4.74 Å². The third kappa shape index (κ3) is 7.94. The minimum atomic E-state index is -0.842.